The predicted molar refractivity (Wildman–Crippen MR) is 59.2 cm³/mol. The Morgan fingerprint density at radius 2 is 2.15 bits per heavy atom. The zero-order valence-corrected chi connectivity index (χ0v) is 9.35. The molecule has 1 aromatic heterocycles. The normalized spacial score (nSPS) is 10.7. The monoisotopic (exact) mass is 255 g/mol. The molecular formula is C10H7BrClN. The maximum Gasteiger partial charge on any atom is 0.0706 e. The van der Waals surface area contributed by atoms with E-state index in [1.165, 1.54) is 5.56 Å². The predicted octanol–water partition coefficient (Wildman–Crippen LogP) is 3.96. The van der Waals surface area contributed by atoms with Crippen molar-refractivity contribution >= 4 is 38.4 Å². The molecule has 0 aliphatic rings. The number of rotatable bonds is 0. The standard InChI is InChI=1S/C10H7BrClN/c1-6-8-4-7(12)2-3-10(8)13-5-9(6)11/h2-5H,1H3. The minimum absolute atomic E-state index is 0.746. The van der Waals surface area contributed by atoms with Gasteiger partial charge in [0.15, 0.2) is 0 Å². The number of fused-ring (bicyclic) bond motifs is 1. The third-order valence-electron chi connectivity index (χ3n) is 2.04. The van der Waals surface area contributed by atoms with E-state index in [0.717, 1.165) is 20.4 Å². The second-order valence-corrected chi connectivity index (χ2v) is 4.18. The number of hydrogen-bond acceptors (Lipinski definition) is 1. The highest BCUT2D eigenvalue weighted by molar-refractivity contribution is 9.10. The van der Waals surface area contributed by atoms with Gasteiger partial charge in [0.2, 0.25) is 0 Å². The summed E-state index contributed by atoms with van der Waals surface area (Å²) >= 11 is 9.34. The summed E-state index contributed by atoms with van der Waals surface area (Å²) in [6.45, 7) is 2.05. The minimum Gasteiger partial charge on any atom is -0.255 e. The van der Waals surface area contributed by atoms with Gasteiger partial charge in [0.25, 0.3) is 0 Å². The van der Waals surface area contributed by atoms with Crippen LogP contribution < -0.4 is 0 Å². The largest absolute Gasteiger partial charge is 0.255 e. The molecule has 0 saturated heterocycles. The van der Waals surface area contributed by atoms with E-state index < -0.39 is 0 Å². The van der Waals surface area contributed by atoms with E-state index >= 15 is 0 Å². The molecule has 0 aliphatic heterocycles. The molecule has 0 radical (unpaired) electrons. The summed E-state index contributed by atoms with van der Waals surface area (Å²) in [4.78, 5) is 4.28. The average Bonchev–Trinajstić information content (AvgIpc) is 2.12. The Hall–Kier alpha value is -0.600. The van der Waals surface area contributed by atoms with Crippen molar-refractivity contribution in [3.05, 3.63) is 39.5 Å². The third-order valence-corrected chi connectivity index (χ3v) is 3.07. The number of aromatic nitrogens is 1. The zero-order chi connectivity index (χ0) is 9.42. The first-order valence-corrected chi connectivity index (χ1v) is 5.06. The molecule has 1 aromatic carbocycles. The molecular weight excluding hydrogens is 249 g/mol. The summed E-state index contributed by atoms with van der Waals surface area (Å²) in [5.74, 6) is 0. The van der Waals surface area contributed by atoms with Crippen LogP contribution in [0.5, 0.6) is 0 Å². The lowest BCUT2D eigenvalue weighted by Gasteiger charge is -2.03. The van der Waals surface area contributed by atoms with Crippen LogP contribution in [0.2, 0.25) is 5.02 Å². The van der Waals surface area contributed by atoms with Crippen LogP contribution in [0.3, 0.4) is 0 Å². The molecule has 1 heterocycles. The van der Waals surface area contributed by atoms with Crippen molar-refractivity contribution in [3.8, 4) is 0 Å². The highest BCUT2D eigenvalue weighted by atomic mass is 79.9. The van der Waals surface area contributed by atoms with E-state index in [9.17, 15) is 0 Å². The fourth-order valence-electron chi connectivity index (χ4n) is 1.27. The zero-order valence-electron chi connectivity index (χ0n) is 7.01. The number of benzene rings is 1. The highest BCUT2D eigenvalue weighted by Gasteiger charge is 2.02. The molecule has 2 rings (SSSR count). The quantitative estimate of drug-likeness (QED) is 0.695. The van der Waals surface area contributed by atoms with Crippen LogP contribution >= 0.6 is 27.5 Å². The Kier molecular flexibility index (Phi) is 2.26. The van der Waals surface area contributed by atoms with Crippen LogP contribution in [-0.2, 0) is 0 Å². The van der Waals surface area contributed by atoms with E-state index in [0.29, 0.717) is 0 Å². The third kappa shape index (κ3) is 1.56. The molecule has 2 aromatic rings. The topological polar surface area (TPSA) is 12.9 Å². The first-order valence-electron chi connectivity index (χ1n) is 3.89. The smallest absolute Gasteiger partial charge is 0.0706 e. The van der Waals surface area contributed by atoms with Crippen molar-refractivity contribution in [2.24, 2.45) is 0 Å². The van der Waals surface area contributed by atoms with Crippen LogP contribution in [-0.4, -0.2) is 4.98 Å². The highest BCUT2D eigenvalue weighted by Crippen LogP contribution is 2.25. The fraction of sp³-hybridized carbons (Fsp3) is 0.100. The van der Waals surface area contributed by atoms with Gasteiger partial charge in [-0.3, -0.25) is 4.98 Å². The molecule has 0 bridgehead atoms. The summed E-state index contributed by atoms with van der Waals surface area (Å²) in [6, 6.07) is 5.71. The van der Waals surface area contributed by atoms with Gasteiger partial charge in [-0.2, -0.15) is 0 Å². The second kappa shape index (κ2) is 3.28. The van der Waals surface area contributed by atoms with Gasteiger partial charge in [0.1, 0.15) is 0 Å². The Labute approximate surface area is 89.9 Å². The number of aryl methyl sites for hydroxylation is 1. The molecule has 1 nitrogen and oxygen atoms in total. The van der Waals surface area contributed by atoms with Gasteiger partial charge in [-0.15, -0.1) is 0 Å². The molecule has 3 heteroatoms. The molecule has 0 N–H and O–H groups in total. The Morgan fingerprint density at radius 3 is 2.92 bits per heavy atom. The van der Waals surface area contributed by atoms with Crippen LogP contribution in [0.1, 0.15) is 5.56 Å². The van der Waals surface area contributed by atoms with Crippen LogP contribution in [0, 0.1) is 6.92 Å². The minimum atomic E-state index is 0.746. The first kappa shape index (κ1) is 8.97. The van der Waals surface area contributed by atoms with Gasteiger partial charge in [0.05, 0.1) is 5.52 Å². The van der Waals surface area contributed by atoms with Crippen molar-refractivity contribution < 1.29 is 0 Å². The molecule has 0 atom stereocenters. The van der Waals surface area contributed by atoms with Gasteiger partial charge in [-0.25, -0.2) is 0 Å². The van der Waals surface area contributed by atoms with Gasteiger partial charge in [-0.05, 0) is 46.6 Å². The van der Waals surface area contributed by atoms with E-state index in [1.807, 2.05) is 31.3 Å². The summed E-state index contributed by atoms with van der Waals surface area (Å²) < 4.78 is 1.02. The number of halogens is 2. The van der Waals surface area contributed by atoms with E-state index in [2.05, 4.69) is 20.9 Å². The van der Waals surface area contributed by atoms with Crippen molar-refractivity contribution in [2.75, 3.05) is 0 Å². The Morgan fingerprint density at radius 1 is 1.38 bits per heavy atom. The molecule has 0 unspecified atom stereocenters. The van der Waals surface area contributed by atoms with Crippen molar-refractivity contribution in [3.63, 3.8) is 0 Å². The SMILES string of the molecule is Cc1c(Br)cnc2ccc(Cl)cc12. The molecule has 0 fully saturated rings. The molecule has 0 saturated carbocycles. The van der Waals surface area contributed by atoms with E-state index in [-0.39, 0.29) is 0 Å². The molecule has 13 heavy (non-hydrogen) atoms. The molecule has 0 aliphatic carbocycles. The summed E-state index contributed by atoms with van der Waals surface area (Å²) in [6.07, 6.45) is 1.81. The summed E-state index contributed by atoms with van der Waals surface area (Å²) in [7, 11) is 0. The van der Waals surface area contributed by atoms with Gasteiger partial charge in [0, 0.05) is 21.1 Å². The van der Waals surface area contributed by atoms with Gasteiger partial charge >= 0.3 is 0 Å². The molecule has 0 spiro atoms. The lowest BCUT2D eigenvalue weighted by atomic mass is 10.1. The number of pyridine rings is 1. The lowest BCUT2D eigenvalue weighted by Crippen LogP contribution is -1.84. The summed E-state index contributed by atoms with van der Waals surface area (Å²) in [5, 5.41) is 1.84. The lowest BCUT2D eigenvalue weighted by molar-refractivity contribution is 1.34. The second-order valence-electron chi connectivity index (χ2n) is 2.89. The maximum absolute atomic E-state index is 5.90. The van der Waals surface area contributed by atoms with Crippen molar-refractivity contribution in [1.29, 1.82) is 0 Å². The number of hydrogen-bond donors (Lipinski definition) is 0. The Bertz CT molecular complexity index is 462. The van der Waals surface area contributed by atoms with E-state index in [1.54, 1.807) is 0 Å². The Balaban J connectivity index is 2.89. The van der Waals surface area contributed by atoms with E-state index in [4.69, 9.17) is 11.6 Å². The fourth-order valence-corrected chi connectivity index (χ4v) is 1.76. The number of nitrogens with zero attached hydrogens (tertiary/aromatic N) is 1. The molecule has 0 amide bonds. The van der Waals surface area contributed by atoms with Crippen molar-refractivity contribution in [2.45, 2.75) is 6.92 Å². The summed E-state index contributed by atoms with van der Waals surface area (Å²) in [5.41, 5.74) is 2.15. The first-order chi connectivity index (χ1) is 6.18. The average molecular weight is 257 g/mol. The van der Waals surface area contributed by atoms with Crippen LogP contribution in [0.15, 0.2) is 28.9 Å². The van der Waals surface area contributed by atoms with Crippen molar-refractivity contribution in [1.82, 2.24) is 4.98 Å². The van der Waals surface area contributed by atoms with Crippen LogP contribution in [0.25, 0.3) is 10.9 Å². The molecule has 66 valence electrons. The van der Waals surface area contributed by atoms with Crippen LogP contribution in [0.4, 0.5) is 0 Å². The van der Waals surface area contributed by atoms with Gasteiger partial charge < -0.3 is 0 Å². The van der Waals surface area contributed by atoms with Gasteiger partial charge in [-0.1, -0.05) is 11.6 Å². The maximum atomic E-state index is 5.90.